The lowest BCUT2D eigenvalue weighted by Gasteiger charge is -2.29. The minimum absolute atomic E-state index is 0.0263. The van der Waals surface area contributed by atoms with Crippen LogP contribution >= 0.6 is 11.6 Å². The summed E-state index contributed by atoms with van der Waals surface area (Å²) in [6.07, 6.45) is 0.278. The number of carbonyl (C=O) groups excluding carboxylic acids is 1. The van der Waals surface area contributed by atoms with Crippen LogP contribution in [-0.4, -0.2) is 46.9 Å². The number of halogens is 4. The summed E-state index contributed by atoms with van der Waals surface area (Å²) in [5.74, 6) is -0.630. The number of ether oxygens (including phenoxy) is 2. The number of alkyl halides is 3. The molecule has 3 heterocycles. The van der Waals surface area contributed by atoms with Gasteiger partial charge in [-0.05, 0) is 30.7 Å². The quantitative estimate of drug-likeness (QED) is 0.585. The lowest BCUT2D eigenvalue weighted by molar-refractivity contribution is -0.174. The number of hydrogen-bond acceptors (Lipinski definition) is 8. The van der Waals surface area contributed by atoms with Crippen LogP contribution in [0.15, 0.2) is 30.7 Å². The van der Waals surface area contributed by atoms with E-state index in [9.17, 15) is 18.0 Å². The molecule has 0 amide bonds. The van der Waals surface area contributed by atoms with Crippen molar-refractivity contribution in [3.63, 3.8) is 0 Å². The number of hydrazine groups is 1. The van der Waals surface area contributed by atoms with E-state index in [2.05, 4.69) is 20.4 Å². The molecule has 0 radical (unpaired) electrons. The molecular formula is C17H15ClF3N5O3. The van der Waals surface area contributed by atoms with Gasteiger partial charge in [-0.3, -0.25) is 5.01 Å². The van der Waals surface area contributed by atoms with Gasteiger partial charge in [-0.25, -0.2) is 20.2 Å². The second-order valence-corrected chi connectivity index (χ2v) is 6.48. The number of methoxy groups -OCH3 is 2. The minimum atomic E-state index is -4.55. The third-order valence-electron chi connectivity index (χ3n) is 4.23. The predicted molar refractivity (Wildman–Crippen MR) is 97.4 cm³/mol. The smallest absolute Gasteiger partial charge is 0.411 e. The highest BCUT2D eigenvalue weighted by Gasteiger charge is 2.52. The molecule has 154 valence electrons. The van der Waals surface area contributed by atoms with E-state index in [0.717, 1.165) is 18.0 Å². The first-order chi connectivity index (χ1) is 13.6. The Balaban J connectivity index is 2.08. The number of anilines is 1. The van der Waals surface area contributed by atoms with Crippen LogP contribution in [0, 0.1) is 0 Å². The number of rotatable bonds is 4. The average Bonchev–Trinajstić information content (AvgIpc) is 3.10. The van der Waals surface area contributed by atoms with Crippen molar-refractivity contribution in [1.29, 1.82) is 0 Å². The fourth-order valence-corrected chi connectivity index (χ4v) is 2.72. The second-order valence-electron chi connectivity index (χ2n) is 6.15. The first-order valence-electron chi connectivity index (χ1n) is 8.08. The molecule has 0 saturated carbocycles. The SMILES string of the molecule is COC(=O)c1cc(-c2cnc(Cl)nc2N2C=CC(C)(C(F)(F)F)N2)cnc1OC. The number of nitrogens with zero attached hydrogens (tertiary/aromatic N) is 4. The van der Waals surface area contributed by atoms with Crippen LogP contribution in [0.3, 0.4) is 0 Å². The first-order valence-corrected chi connectivity index (χ1v) is 8.46. The molecule has 0 spiro atoms. The molecule has 8 nitrogen and oxygen atoms in total. The molecule has 0 fully saturated rings. The largest absolute Gasteiger partial charge is 0.480 e. The highest BCUT2D eigenvalue weighted by Crippen LogP contribution is 2.38. The Labute approximate surface area is 168 Å². The van der Waals surface area contributed by atoms with E-state index in [1.165, 1.54) is 38.9 Å². The number of nitrogens with one attached hydrogen (secondary N) is 1. The Kier molecular flexibility index (Phi) is 5.37. The summed E-state index contributed by atoms with van der Waals surface area (Å²) in [5.41, 5.74) is 0.693. The molecule has 0 bridgehead atoms. The molecular weight excluding hydrogens is 415 g/mol. The summed E-state index contributed by atoms with van der Waals surface area (Å²) in [6.45, 7) is 0.982. The molecule has 1 aliphatic heterocycles. The number of pyridine rings is 1. The van der Waals surface area contributed by atoms with Gasteiger partial charge >= 0.3 is 12.1 Å². The van der Waals surface area contributed by atoms with Gasteiger partial charge in [0.1, 0.15) is 11.1 Å². The highest BCUT2D eigenvalue weighted by atomic mass is 35.5. The zero-order chi connectivity index (χ0) is 21.4. The summed E-state index contributed by atoms with van der Waals surface area (Å²) in [6, 6.07) is 1.41. The third kappa shape index (κ3) is 3.83. The molecule has 0 saturated heterocycles. The lowest BCUT2D eigenvalue weighted by Crippen LogP contribution is -2.54. The van der Waals surface area contributed by atoms with Crippen LogP contribution < -0.4 is 15.2 Å². The number of hydrogen-bond donors (Lipinski definition) is 1. The molecule has 0 aliphatic carbocycles. The predicted octanol–water partition coefficient (Wildman–Crippen LogP) is 3.15. The van der Waals surface area contributed by atoms with Crippen LogP contribution in [0.4, 0.5) is 19.0 Å². The number of aromatic nitrogens is 3. The van der Waals surface area contributed by atoms with Gasteiger partial charge < -0.3 is 9.47 Å². The van der Waals surface area contributed by atoms with Crippen molar-refractivity contribution < 1.29 is 27.4 Å². The molecule has 29 heavy (non-hydrogen) atoms. The van der Waals surface area contributed by atoms with Crippen molar-refractivity contribution >= 4 is 23.4 Å². The third-order valence-corrected chi connectivity index (χ3v) is 4.41. The van der Waals surface area contributed by atoms with Gasteiger partial charge in [0.05, 0.1) is 14.2 Å². The maximum absolute atomic E-state index is 13.3. The van der Waals surface area contributed by atoms with Crippen LogP contribution in [0.5, 0.6) is 5.88 Å². The molecule has 2 aromatic rings. The minimum Gasteiger partial charge on any atom is -0.480 e. The fraction of sp³-hybridized carbons (Fsp3) is 0.294. The Hall–Kier alpha value is -2.92. The summed E-state index contributed by atoms with van der Waals surface area (Å²) in [5, 5.41) is 0.910. The van der Waals surface area contributed by atoms with Gasteiger partial charge in [0.2, 0.25) is 11.2 Å². The van der Waals surface area contributed by atoms with Crippen LogP contribution in [0.25, 0.3) is 11.1 Å². The number of esters is 1. The molecule has 2 aromatic heterocycles. The Morgan fingerprint density at radius 3 is 2.59 bits per heavy atom. The van der Waals surface area contributed by atoms with E-state index in [1.54, 1.807) is 0 Å². The molecule has 1 unspecified atom stereocenters. The monoisotopic (exact) mass is 429 g/mol. The van der Waals surface area contributed by atoms with Gasteiger partial charge in [-0.2, -0.15) is 18.2 Å². The molecule has 3 rings (SSSR count). The van der Waals surface area contributed by atoms with Crippen molar-refractivity contribution in [3.8, 4) is 17.0 Å². The van der Waals surface area contributed by atoms with Crippen LogP contribution in [-0.2, 0) is 4.74 Å². The van der Waals surface area contributed by atoms with E-state index in [1.807, 2.05) is 0 Å². The summed E-state index contributed by atoms with van der Waals surface area (Å²) in [7, 11) is 2.53. The van der Waals surface area contributed by atoms with Crippen LogP contribution in [0.1, 0.15) is 17.3 Å². The molecule has 1 N–H and O–H groups in total. The van der Waals surface area contributed by atoms with E-state index >= 15 is 0 Å². The molecule has 1 aliphatic rings. The summed E-state index contributed by atoms with van der Waals surface area (Å²) >= 11 is 5.86. The van der Waals surface area contributed by atoms with Gasteiger partial charge in [-0.1, -0.05) is 0 Å². The van der Waals surface area contributed by atoms with Crippen molar-refractivity contribution in [2.45, 2.75) is 18.6 Å². The molecule has 1 atom stereocenters. The van der Waals surface area contributed by atoms with E-state index in [4.69, 9.17) is 21.1 Å². The van der Waals surface area contributed by atoms with Gasteiger partial charge in [0.25, 0.3) is 0 Å². The van der Waals surface area contributed by atoms with Gasteiger partial charge in [-0.15, -0.1) is 0 Å². The summed E-state index contributed by atoms with van der Waals surface area (Å²) in [4.78, 5) is 24.0. The van der Waals surface area contributed by atoms with Crippen LogP contribution in [0.2, 0.25) is 5.28 Å². The molecule has 0 aromatic carbocycles. The second kappa shape index (κ2) is 7.48. The zero-order valence-corrected chi connectivity index (χ0v) is 16.2. The Morgan fingerprint density at radius 1 is 1.28 bits per heavy atom. The van der Waals surface area contributed by atoms with Crippen molar-refractivity contribution in [1.82, 2.24) is 20.4 Å². The van der Waals surface area contributed by atoms with E-state index in [0.29, 0.717) is 5.56 Å². The summed E-state index contributed by atoms with van der Waals surface area (Å²) < 4.78 is 49.7. The highest BCUT2D eigenvalue weighted by molar-refractivity contribution is 6.28. The maximum atomic E-state index is 13.3. The Bertz CT molecular complexity index is 985. The normalized spacial score (nSPS) is 18.8. The maximum Gasteiger partial charge on any atom is 0.411 e. The lowest BCUT2D eigenvalue weighted by atomic mass is 10.0. The van der Waals surface area contributed by atoms with Crippen molar-refractivity contribution in [2.75, 3.05) is 19.2 Å². The molecule has 12 heteroatoms. The van der Waals surface area contributed by atoms with E-state index in [-0.39, 0.29) is 28.1 Å². The van der Waals surface area contributed by atoms with Gasteiger partial charge in [0.15, 0.2) is 5.82 Å². The number of carbonyl (C=O) groups is 1. The average molecular weight is 430 g/mol. The topological polar surface area (TPSA) is 89.5 Å². The van der Waals surface area contributed by atoms with Gasteiger partial charge in [0, 0.05) is 29.7 Å². The zero-order valence-electron chi connectivity index (χ0n) is 15.4. The Morgan fingerprint density at radius 2 is 2.00 bits per heavy atom. The van der Waals surface area contributed by atoms with Crippen molar-refractivity contribution in [2.24, 2.45) is 0 Å². The van der Waals surface area contributed by atoms with E-state index < -0.39 is 17.7 Å². The van der Waals surface area contributed by atoms with Crippen molar-refractivity contribution in [3.05, 3.63) is 41.6 Å². The fourth-order valence-electron chi connectivity index (χ4n) is 2.59. The first kappa shape index (κ1) is 20.8. The standard InChI is InChI=1S/C17H15ClF3N5O3/c1-16(17(19,20)21)4-5-26(25-16)12-11(8-23-15(18)24-12)9-6-10(14(27)29-3)13(28-2)22-7-9/h4-8,25H,1-3H3.